The minimum absolute atomic E-state index is 0.271. The molecule has 0 bridgehead atoms. The first kappa shape index (κ1) is 9.25. The molecule has 0 radical (unpaired) electrons. The summed E-state index contributed by atoms with van der Waals surface area (Å²) in [6.45, 7) is 3.98. The summed E-state index contributed by atoms with van der Waals surface area (Å²) >= 11 is 0. The molecule has 0 saturated carbocycles. The van der Waals surface area contributed by atoms with Gasteiger partial charge in [0.05, 0.1) is 0 Å². The smallest absolute Gasteiger partial charge is 0.230 e. The van der Waals surface area contributed by atoms with Crippen LogP contribution in [0, 0.1) is 0 Å². The van der Waals surface area contributed by atoms with Crippen molar-refractivity contribution in [2.75, 3.05) is 6.26 Å². The number of rotatable bonds is 2. The first-order chi connectivity index (χ1) is 5.41. The van der Waals surface area contributed by atoms with Crippen LogP contribution in [0.15, 0.2) is 5.16 Å². The molecular weight excluding hydrogens is 174 g/mol. The first-order valence-corrected chi connectivity index (χ1v) is 5.79. The van der Waals surface area contributed by atoms with Gasteiger partial charge in [0.1, 0.15) is 5.82 Å². The summed E-state index contributed by atoms with van der Waals surface area (Å²) in [6, 6.07) is 0. The number of aromatic nitrogens is 3. The van der Waals surface area contributed by atoms with Gasteiger partial charge in [-0.3, -0.25) is 9.31 Å². The molecule has 1 aromatic rings. The van der Waals surface area contributed by atoms with Crippen LogP contribution in [0.3, 0.4) is 0 Å². The zero-order chi connectivity index (χ0) is 9.35. The quantitative estimate of drug-likeness (QED) is 0.691. The van der Waals surface area contributed by atoms with E-state index in [1.54, 1.807) is 0 Å². The molecule has 0 aromatic carbocycles. The highest BCUT2D eigenvalue weighted by Crippen LogP contribution is 2.09. The Morgan fingerprint density at radius 2 is 2.17 bits per heavy atom. The molecule has 0 aliphatic heterocycles. The fourth-order valence-electron chi connectivity index (χ4n) is 0.709. The number of nitrogens with zero attached hydrogens (tertiary/aromatic N) is 2. The van der Waals surface area contributed by atoms with Crippen molar-refractivity contribution in [3.8, 4) is 0 Å². The highest BCUT2D eigenvalue weighted by molar-refractivity contribution is 7.99. The highest BCUT2D eigenvalue weighted by Gasteiger charge is 2.10. The summed E-state index contributed by atoms with van der Waals surface area (Å²) in [4.78, 5) is 4.08. The van der Waals surface area contributed by atoms with Gasteiger partial charge in [0.25, 0.3) is 0 Å². The van der Waals surface area contributed by atoms with E-state index in [1.165, 1.54) is 6.26 Å². The van der Waals surface area contributed by atoms with Crippen molar-refractivity contribution in [3.63, 3.8) is 0 Å². The van der Waals surface area contributed by atoms with E-state index >= 15 is 0 Å². The Labute approximate surface area is 72.4 Å². The lowest BCUT2D eigenvalue weighted by Crippen LogP contribution is -1.99. The van der Waals surface area contributed by atoms with Crippen molar-refractivity contribution < 1.29 is 4.21 Å². The van der Waals surface area contributed by atoms with Crippen LogP contribution >= 0.6 is 0 Å². The third kappa shape index (κ3) is 1.85. The summed E-state index contributed by atoms with van der Waals surface area (Å²) in [5, 5.41) is 6.88. The van der Waals surface area contributed by atoms with Gasteiger partial charge in [-0.25, -0.2) is 4.98 Å². The molecule has 0 saturated heterocycles. The Hall–Kier alpha value is -0.840. The van der Waals surface area contributed by atoms with E-state index < -0.39 is 9.52 Å². The number of aromatic amines is 1. The molecule has 1 unspecified atom stereocenters. The van der Waals surface area contributed by atoms with E-state index in [1.807, 2.05) is 13.8 Å². The molecular formula is C7H13N3OS. The molecule has 0 spiro atoms. The predicted octanol–water partition coefficient (Wildman–Crippen LogP) is 0.633. The predicted molar refractivity (Wildman–Crippen MR) is 49.9 cm³/mol. The summed E-state index contributed by atoms with van der Waals surface area (Å²) in [7, 11) is -2.27. The summed E-state index contributed by atoms with van der Waals surface area (Å²) < 4.78 is 11.4. The van der Waals surface area contributed by atoms with Crippen LogP contribution in [0.1, 0.15) is 25.6 Å². The Morgan fingerprint density at radius 3 is 2.42 bits per heavy atom. The Kier molecular flexibility index (Phi) is 2.23. The monoisotopic (exact) mass is 187 g/mol. The molecule has 1 N–H and O–H groups in total. The van der Waals surface area contributed by atoms with Crippen molar-refractivity contribution in [2.45, 2.75) is 24.9 Å². The van der Waals surface area contributed by atoms with Crippen LogP contribution in [0.2, 0.25) is 0 Å². The summed E-state index contributed by atoms with van der Waals surface area (Å²) in [5.41, 5.74) is 0. The van der Waals surface area contributed by atoms with E-state index in [9.17, 15) is 4.21 Å². The third-order valence-electron chi connectivity index (χ3n) is 1.42. The van der Waals surface area contributed by atoms with Crippen LogP contribution in [-0.4, -0.2) is 31.5 Å². The van der Waals surface area contributed by atoms with Crippen LogP contribution in [0.4, 0.5) is 0 Å². The number of hydrogen-bond acceptors (Lipinski definition) is 3. The van der Waals surface area contributed by atoms with Gasteiger partial charge in [0.2, 0.25) is 5.16 Å². The van der Waals surface area contributed by atoms with Crippen molar-refractivity contribution in [1.82, 2.24) is 15.2 Å². The lowest BCUT2D eigenvalue weighted by Gasteiger charge is -1.95. The minimum atomic E-state index is -2.27. The van der Waals surface area contributed by atoms with Crippen molar-refractivity contribution in [2.24, 2.45) is 0 Å². The molecule has 0 aliphatic carbocycles. The van der Waals surface area contributed by atoms with Gasteiger partial charge in [0.15, 0.2) is 0 Å². The van der Waals surface area contributed by atoms with Gasteiger partial charge < -0.3 is 0 Å². The summed E-state index contributed by atoms with van der Waals surface area (Å²) in [5.74, 6) is 4.52. The van der Waals surface area contributed by atoms with Gasteiger partial charge >= 0.3 is 0 Å². The Balaban J connectivity index is 3.09. The zero-order valence-corrected chi connectivity index (χ0v) is 8.31. The second kappa shape index (κ2) is 2.90. The standard InChI is InChI=1S/C7H13N3OS/c1-5(2)6-8-7(10-9-6)12(3,4)11/h5H,3H2,1-2,4H3,(H,8,9,10). The maximum atomic E-state index is 11.4. The molecule has 5 heteroatoms. The molecule has 1 aromatic heterocycles. The maximum absolute atomic E-state index is 11.4. The first-order valence-electron chi connectivity index (χ1n) is 3.66. The molecule has 1 heterocycles. The fraction of sp³-hybridized carbons (Fsp3) is 0.571. The minimum Gasteiger partial charge on any atom is -0.262 e. The molecule has 0 fully saturated rings. The van der Waals surface area contributed by atoms with Crippen LogP contribution < -0.4 is 0 Å². The molecule has 1 rings (SSSR count). The average Bonchev–Trinajstić information content (AvgIpc) is 2.30. The van der Waals surface area contributed by atoms with E-state index in [2.05, 4.69) is 21.1 Å². The van der Waals surface area contributed by atoms with Gasteiger partial charge in [0, 0.05) is 21.7 Å². The Morgan fingerprint density at radius 1 is 1.58 bits per heavy atom. The van der Waals surface area contributed by atoms with Crippen molar-refractivity contribution in [3.05, 3.63) is 5.82 Å². The summed E-state index contributed by atoms with van der Waals surface area (Å²) in [6.07, 6.45) is 1.53. The fourth-order valence-corrected chi connectivity index (χ4v) is 1.24. The van der Waals surface area contributed by atoms with E-state index in [0.717, 1.165) is 5.82 Å². The molecule has 0 aliphatic rings. The van der Waals surface area contributed by atoms with Crippen molar-refractivity contribution in [1.29, 1.82) is 0 Å². The van der Waals surface area contributed by atoms with E-state index in [4.69, 9.17) is 0 Å². The number of H-pyrrole nitrogens is 1. The second-order valence-electron chi connectivity index (χ2n) is 3.16. The van der Waals surface area contributed by atoms with Gasteiger partial charge in [-0.05, 0) is 5.87 Å². The topological polar surface area (TPSA) is 58.6 Å². The zero-order valence-electron chi connectivity index (χ0n) is 7.50. The average molecular weight is 187 g/mol. The SMILES string of the molecule is C=S(C)(=O)c1n[nH]c(C(C)C)n1. The highest BCUT2D eigenvalue weighted by atomic mass is 32.2. The molecule has 0 amide bonds. The normalized spacial score (nSPS) is 16.3. The lowest BCUT2D eigenvalue weighted by atomic mass is 10.2. The Bertz CT molecular complexity index is 364. The molecule has 1 atom stereocenters. The van der Waals surface area contributed by atoms with Crippen molar-refractivity contribution >= 4 is 15.4 Å². The molecule has 68 valence electrons. The number of hydrogen-bond donors (Lipinski definition) is 1. The third-order valence-corrected chi connectivity index (χ3v) is 2.37. The van der Waals surface area contributed by atoms with Crippen LogP contribution in [0.25, 0.3) is 0 Å². The molecule has 4 nitrogen and oxygen atoms in total. The van der Waals surface area contributed by atoms with Crippen LogP contribution in [-0.2, 0) is 9.52 Å². The van der Waals surface area contributed by atoms with Gasteiger partial charge in [-0.2, -0.15) is 0 Å². The lowest BCUT2D eigenvalue weighted by molar-refractivity contribution is 0.678. The second-order valence-corrected chi connectivity index (χ2v) is 5.54. The molecule has 12 heavy (non-hydrogen) atoms. The van der Waals surface area contributed by atoms with Gasteiger partial charge in [-0.1, -0.05) is 13.8 Å². The number of nitrogens with one attached hydrogen (secondary N) is 1. The van der Waals surface area contributed by atoms with E-state index in [-0.39, 0.29) is 5.92 Å². The van der Waals surface area contributed by atoms with Gasteiger partial charge in [-0.15, -0.1) is 5.10 Å². The maximum Gasteiger partial charge on any atom is 0.230 e. The largest absolute Gasteiger partial charge is 0.262 e. The van der Waals surface area contributed by atoms with E-state index in [0.29, 0.717) is 5.16 Å². The van der Waals surface area contributed by atoms with Crippen LogP contribution in [0.5, 0.6) is 0 Å².